The van der Waals surface area contributed by atoms with E-state index >= 15 is 0 Å². The molecule has 1 saturated carbocycles. The van der Waals surface area contributed by atoms with Crippen molar-refractivity contribution in [3.63, 3.8) is 0 Å². The van der Waals surface area contributed by atoms with E-state index in [1.807, 2.05) is 0 Å². The number of carbonyl (C=O) groups is 1. The Kier molecular flexibility index (Phi) is 4.27. The predicted molar refractivity (Wildman–Crippen MR) is 73.3 cm³/mol. The van der Waals surface area contributed by atoms with Gasteiger partial charge >= 0.3 is 0 Å². The first-order valence-corrected chi connectivity index (χ1v) is 6.41. The third-order valence-electron chi connectivity index (χ3n) is 3.58. The third-order valence-corrected chi connectivity index (χ3v) is 3.58. The molecule has 5 nitrogen and oxygen atoms in total. The molecule has 0 radical (unpaired) electrons. The lowest BCUT2D eigenvalue weighted by molar-refractivity contribution is 0.0915. The summed E-state index contributed by atoms with van der Waals surface area (Å²) in [5.74, 6) is 0.368. The lowest BCUT2D eigenvalue weighted by atomic mass is 10.1. The molecule has 1 aromatic rings. The Morgan fingerprint density at radius 1 is 1.37 bits per heavy atom. The maximum atomic E-state index is 12.2. The molecule has 5 heteroatoms. The summed E-state index contributed by atoms with van der Waals surface area (Å²) in [6.45, 7) is 0. The number of hydrogen-bond donors (Lipinski definition) is 2. The summed E-state index contributed by atoms with van der Waals surface area (Å²) in [6.07, 6.45) is 3.02. The molecule has 1 aliphatic rings. The molecule has 3 N–H and O–H groups in total. The summed E-state index contributed by atoms with van der Waals surface area (Å²) in [5, 5.41) is 3.00. The Bertz CT molecular complexity index is 462. The molecule has 2 unspecified atom stereocenters. The standard InChI is InChI=1S/C14H20N2O3/c1-18-10-7-6-9(8-10)16-14(17)11-4-3-5-12(19-2)13(11)15/h3-5,9-10H,6-8,15H2,1-2H3,(H,16,17). The maximum Gasteiger partial charge on any atom is 0.253 e. The molecule has 104 valence electrons. The number of nitrogen functional groups attached to an aromatic ring is 1. The number of methoxy groups -OCH3 is 2. The second kappa shape index (κ2) is 5.93. The van der Waals surface area contributed by atoms with Gasteiger partial charge in [0, 0.05) is 13.2 Å². The van der Waals surface area contributed by atoms with Gasteiger partial charge in [-0.25, -0.2) is 0 Å². The van der Waals surface area contributed by atoms with E-state index in [0.29, 0.717) is 17.0 Å². The number of hydrogen-bond acceptors (Lipinski definition) is 4. The van der Waals surface area contributed by atoms with E-state index < -0.39 is 0 Å². The number of nitrogens with two attached hydrogens (primary N) is 1. The number of nitrogens with one attached hydrogen (secondary N) is 1. The lowest BCUT2D eigenvalue weighted by Gasteiger charge is -2.15. The molecule has 1 aliphatic carbocycles. The molecule has 1 aromatic carbocycles. The lowest BCUT2D eigenvalue weighted by Crippen LogP contribution is -2.33. The summed E-state index contributed by atoms with van der Waals surface area (Å²) >= 11 is 0. The number of rotatable bonds is 4. The average molecular weight is 264 g/mol. The van der Waals surface area contributed by atoms with E-state index in [0.717, 1.165) is 19.3 Å². The van der Waals surface area contributed by atoms with Crippen molar-refractivity contribution >= 4 is 11.6 Å². The van der Waals surface area contributed by atoms with Gasteiger partial charge in [0.1, 0.15) is 5.75 Å². The number of para-hydroxylation sites is 1. The molecule has 2 rings (SSSR count). The fourth-order valence-electron chi connectivity index (χ4n) is 2.47. The molecule has 1 fully saturated rings. The van der Waals surface area contributed by atoms with Gasteiger partial charge in [-0.1, -0.05) is 6.07 Å². The van der Waals surface area contributed by atoms with Gasteiger partial charge in [0.2, 0.25) is 0 Å². The number of amides is 1. The highest BCUT2D eigenvalue weighted by atomic mass is 16.5. The van der Waals surface area contributed by atoms with Crippen LogP contribution in [0.3, 0.4) is 0 Å². The summed E-state index contributed by atoms with van der Waals surface area (Å²) in [5.41, 5.74) is 6.75. The van der Waals surface area contributed by atoms with Crippen LogP contribution in [0.2, 0.25) is 0 Å². The highest BCUT2D eigenvalue weighted by Crippen LogP contribution is 2.26. The van der Waals surface area contributed by atoms with Gasteiger partial charge in [-0.3, -0.25) is 4.79 Å². The number of ether oxygens (including phenoxy) is 2. The number of anilines is 1. The van der Waals surface area contributed by atoms with Crippen LogP contribution in [0.4, 0.5) is 5.69 Å². The Morgan fingerprint density at radius 3 is 2.79 bits per heavy atom. The maximum absolute atomic E-state index is 12.2. The Morgan fingerprint density at radius 2 is 2.16 bits per heavy atom. The fourth-order valence-corrected chi connectivity index (χ4v) is 2.47. The predicted octanol–water partition coefficient (Wildman–Crippen LogP) is 1.57. The van der Waals surface area contributed by atoms with Crippen molar-refractivity contribution in [2.75, 3.05) is 20.0 Å². The van der Waals surface area contributed by atoms with Crippen molar-refractivity contribution in [3.8, 4) is 5.75 Å². The van der Waals surface area contributed by atoms with Crippen molar-refractivity contribution in [3.05, 3.63) is 23.8 Å². The van der Waals surface area contributed by atoms with Crippen LogP contribution >= 0.6 is 0 Å². The van der Waals surface area contributed by atoms with E-state index in [1.54, 1.807) is 25.3 Å². The molecule has 0 bridgehead atoms. The van der Waals surface area contributed by atoms with Crippen LogP contribution < -0.4 is 15.8 Å². The van der Waals surface area contributed by atoms with Gasteiger partial charge in [-0.05, 0) is 31.4 Å². The zero-order valence-electron chi connectivity index (χ0n) is 11.3. The minimum Gasteiger partial charge on any atom is -0.495 e. The number of benzene rings is 1. The van der Waals surface area contributed by atoms with Crippen LogP contribution in [0.1, 0.15) is 29.6 Å². The van der Waals surface area contributed by atoms with Crippen molar-refractivity contribution in [2.24, 2.45) is 0 Å². The van der Waals surface area contributed by atoms with Crippen LogP contribution in [0.5, 0.6) is 5.75 Å². The molecule has 0 saturated heterocycles. The summed E-state index contributed by atoms with van der Waals surface area (Å²) in [4.78, 5) is 12.2. The summed E-state index contributed by atoms with van der Waals surface area (Å²) in [6, 6.07) is 5.36. The normalized spacial score (nSPS) is 22.2. The molecule has 19 heavy (non-hydrogen) atoms. The van der Waals surface area contributed by atoms with Crippen molar-refractivity contribution in [1.29, 1.82) is 0 Å². The minimum atomic E-state index is -0.154. The summed E-state index contributed by atoms with van der Waals surface area (Å²) < 4.78 is 10.4. The fraction of sp³-hybridized carbons (Fsp3) is 0.500. The van der Waals surface area contributed by atoms with Crippen molar-refractivity contribution < 1.29 is 14.3 Å². The molecule has 0 aliphatic heterocycles. The van der Waals surface area contributed by atoms with Crippen LogP contribution in [-0.4, -0.2) is 32.3 Å². The van der Waals surface area contributed by atoms with Crippen molar-refractivity contribution in [2.45, 2.75) is 31.4 Å². The van der Waals surface area contributed by atoms with Crippen LogP contribution in [0.25, 0.3) is 0 Å². The van der Waals surface area contributed by atoms with E-state index in [4.69, 9.17) is 15.2 Å². The molecular formula is C14H20N2O3. The smallest absolute Gasteiger partial charge is 0.253 e. The molecule has 0 aromatic heterocycles. The Labute approximate surface area is 113 Å². The third kappa shape index (κ3) is 2.98. The molecule has 0 spiro atoms. The van der Waals surface area contributed by atoms with E-state index in [1.165, 1.54) is 7.11 Å². The van der Waals surface area contributed by atoms with E-state index in [9.17, 15) is 4.79 Å². The monoisotopic (exact) mass is 264 g/mol. The van der Waals surface area contributed by atoms with Gasteiger partial charge < -0.3 is 20.5 Å². The van der Waals surface area contributed by atoms with Crippen molar-refractivity contribution in [1.82, 2.24) is 5.32 Å². The Balaban J connectivity index is 2.04. The zero-order valence-corrected chi connectivity index (χ0v) is 11.3. The second-order valence-electron chi connectivity index (χ2n) is 4.76. The van der Waals surface area contributed by atoms with Gasteiger partial charge in [0.25, 0.3) is 5.91 Å². The van der Waals surface area contributed by atoms with Gasteiger partial charge in [-0.2, -0.15) is 0 Å². The summed E-state index contributed by atoms with van der Waals surface area (Å²) in [7, 11) is 3.24. The van der Waals surface area contributed by atoms with E-state index in [-0.39, 0.29) is 18.1 Å². The molecule has 1 amide bonds. The molecular weight excluding hydrogens is 244 g/mol. The zero-order chi connectivity index (χ0) is 13.8. The van der Waals surface area contributed by atoms with E-state index in [2.05, 4.69) is 5.32 Å². The molecule has 2 atom stereocenters. The largest absolute Gasteiger partial charge is 0.495 e. The highest BCUT2D eigenvalue weighted by molar-refractivity contribution is 6.00. The first-order chi connectivity index (χ1) is 9.15. The van der Waals surface area contributed by atoms with Gasteiger partial charge in [0.15, 0.2) is 0 Å². The number of carbonyl (C=O) groups excluding carboxylic acids is 1. The first kappa shape index (κ1) is 13.7. The van der Waals surface area contributed by atoms with Gasteiger partial charge in [-0.15, -0.1) is 0 Å². The minimum absolute atomic E-state index is 0.154. The topological polar surface area (TPSA) is 73.6 Å². The molecule has 0 heterocycles. The SMILES string of the molecule is COc1cccc(C(=O)NC2CCC(OC)C2)c1N. The van der Waals surface area contributed by atoms with Crippen LogP contribution in [0.15, 0.2) is 18.2 Å². The van der Waals surface area contributed by atoms with Crippen LogP contribution in [-0.2, 0) is 4.74 Å². The highest BCUT2D eigenvalue weighted by Gasteiger charge is 2.26. The first-order valence-electron chi connectivity index (χ1n) is 6.41. The van der Waals surface area contributed by atoms with Crippen LogP contribution in [0, 0.1) is 0 Å². The van der Waals surface area contributed by atoms with Gasteiger partial charge in [0.05, 0.1) is 24.5 Å². The quantitative estimate of drug-likeness (QED) is 0.810. The second-order valence-corrected chi connectivity index (χ2v) is 4.76. The average Bonchev–Trinajstić information content (AvgIpc) is 2.86. The Hall–Kier alpha value is -1.75.